The molecule has 0 bridgehead atoms. The molecule has 1 amide bonds. The van der Waals surface area contributed by atoms with Crippen molar-refractivity contribution < 1.29 is 14.6 Å². The Hall–Kier alpha value is -2.50. The highest BCUT2D eigenvalue weighted by Crippen LogP contribution is 2.38. The third kappa shape index (κ3) is 1.91. The molecule has 6 nitrogen and oxygen atoms in total. The molecular formula is C13H13N3O3. The maximum atomic E-state index is 11.7. The summed E-state index contributed by atoms with van der Waals surface area (Å²) in [6.07, 6.45) is 2.05. The first-order chi connectivity index (χ1) is 9.19. The highest BCUT2D eigenvalue weighted by Gasteiger charge is 2.28. The zero-order valence-electron chi connectivity index (χ0n) is 10.3. The van der Waals surface area contributed by atoms with Gasteiger partial charge in [0.15, 0.2) is 11.5 Å². The Balaban J connectivity index is 2.06. The first-order valence-electron chi connectivity index (χ1n) is 5.89. The number of carbonyl (C=O) groups is 1. The van der Waals surface area contributed by atoms with Crippen LogP contribution in [-0.2, 0) is 4.79 Å². The molecule has 0 saturated carbocycles. The Morgan fingerprint density at radius 2 is 2.32 bits per heavy atom. The molecule has 6 heteroatoms. The number of methoxy groups -OCH3 is 1. The minimum absolute atomic E-state index is 0.0613. The summed E-state index contributed by atoms with van der Waals surface area (Å²) >= 11 is 0. The van der Waals surface area contributed by atoms with Gasteiger partial charge >= 0.3 is 0 Å². The maximum Gasteiger partial charge on any atom is 0.226 e. The van der Waals surface area contributed by atoms with Gasteiger partial charge in [-0.2, -0.15) is 5.10 Å². The van der Waals surface area contributed by atoms with E-state index in [1.165, 1.54) is 7.11 Å². The third-order valence-electron chi connectivity index (χ3n) is 3.30. The van der Waals surface area contributed by atoms with Crippen LogP contribution >= 0.6 is 0 Å². The van der Waals surface area contributed by atoms with Gasteiger partial charge < -0.3 is 15.2 Å². The highest BCUT2D eigenvalue weighted by molar-refractivity contribution is 5.94. The van der Waals surface area contributed by atoms with E-state index in [2.05, 4.69) is 15.5 Å². The average Bonchev–Trinajstić information content (AvgIpc) is 2.86. The summed E-state index contributed by atoms with van der Waals surface area (Å²) in [6, 6.07) is 5.10. The number of aromatic amines is 1. The molecule has 3 N–H and O–H groups in total. The second-order valence-electron chi connectivity index (χ2n) is 4.44. The number of hydrogen-bond donors (Lipinski definition) is 3. The van der Waals surface area contributed by atoms with E-state index < -0.39 is 0 Å². The minimum Gasteiger partial charge on any atom is -0.504 e. The molecule has 1 aromatic carbocycles. The number of rotatable bonds is 2. The summed E-state index contributed by atoms with van der Waals surface area (Å²) in [6.45, 7) is 0. The van der Waals surface area contributed by atoms with Crippen LogP contribution in [0.2, 0.25) is 0 Å². The van der Waals surface area contributed by atoms with Gasteiger partial charge in [-0.15, -0.1) is 0 Å². The van der Waals surface area contributed by atoms with E-state index in [0.29, 0.717) is 18.0 Å². The third-order valence-corrected chi connectivity index (χ3v) is 3.30. The molecule has 1 aliphatic heterocycles. The van der Waals surface area contributed by atoms with Crippen molar-refractivity contribution in [1.82, 2.24) is 10.2 Å². The van der Waals surface area contributed by atoms with Gasteiger partial charge in [0, 0.05) is 17.9 Å². The van der Waals surface area contributed by atoms with E-state index in [4.69, 9.17) is 4.74 Å². The number of carbonyl (C=O) groups excluding carboxylic acids is 1. The topological polar surface area (TPSA) is 87.2 Å². The van der Waals surface area contributed by atoms with Crippen molar-refractivity contribution in [2.75, 3.05) is 12.4 Å². The number of hydrogen-bond acceptors (Lipinski definition) is 4. The van der Waals surface area contributed by atoms with Crippen LogP contribution in [0, 0.1) is 0 Å². The summed E-state index contributed by atoms with van der Waals surface area (Å²) < 4.78 is 5.10. The normalized spacial score (nSPS) is 17.7. The van der Waals surface area contributed by atoms with Crippen LogP contribution < -0.4 is 10.1 Å². The Kier molecular flexibility index (Phi) is 2.63. The number of nitrogens with zero attached hydrogens (tertiary/aromatic N) is 1. The number of ether oxygens (including phenoxy) is 1. The first kappa shape index (κ1) is 11.6. The van der Waals surface area contributed by atoms with Gasteiger partial charge in [-0.1, -0.05) is 6.07 Å². The van der Waals surface area contributed by atoms with E-state index in [9.17, 15) is 9.90 Å². The lowest BCUT2D eigenvalue weighted by Crippen LogP contribution is -2.22. The predicted octanol–water partition coefficient (Wildman–Crippen LogP) is 1.60. The molecule has 1 unspecified atom stereocenters. The van der Waals surface area contributed by atoms with Crippen LogP contribution in [0.3, 0.4) is 0 Å². The van der Waals surface area contributed by atoms with Gasteiger partial charge in [-0.05, 0) is 17.7 Å². The van der Waals surface area contributed by atoms with Gasteiger partial charge in [0.1, 0.15) is 5.82 Å². The molecule has 0 aliphatic carbocycles. The number of aromatic nitrogens is 2. The lowest BCUT2D eigenvalue weighted by molar-refractivity contribution is -0.116. The van der Waals surface area contributed by atoms with Crippen LogP contribution in [0.4, 0.5) is 5.82 Å². The zero-order valence-corrected chi connectivity index (χ0v) is 10.3. The van der Waals surface area contributed by atoms with E-state index in [1.54, 1.807) is 24.4 Å². The SMILES string of the molecule is COc1cc(C2CC(=O)Nc3[nH]ncc32)ccc1O. The Bertz CT molecular complexity index is 636. The predicted molar refractivity (Wildman–Crippen MR) is 68.3 cm³/mol. The molecule has 1 atom stereocenters. The molecular weight excluding hydrogens is 246 g/mol. The van der Waals surface area contributed by atoms with Crippen molar-refractivity contribution in [3.63, 3.8) is 0 Å². The van der Waals surface area contributed by atoms with Gasteiger partial charge in [0.25, 0.3) is 0 Å². The molecule has 3 rings (SSSR count). The van der Waals surface area contributed by atoms with Crippen LogP contribution in [-0.4, -0.2) is 28.3 Å². The fourth-order valence-electron chi connectivity index (χ4n) is 2.35. The molecule has 2 heterocycles. The molecule has 1 aliphatic rings. The average molecular weight is 259 g/mol. The monoisotopic (exact) mass is 259 g/mol. The fraction of sp³-hybridized carbons (Fsp3) is 0.231. The van der Waals surface area contributed by atoms with Gasteiger partial charge in [0.2, 0.25) is 5.91 Å². The summed E-state index contributed by atoms with van der Waals surface area (Å²) in [5, 5.41) is 19.1. The molecule has 0 saturated heterocycles. The van der Waals surface area contributed by atoms with Crippen molar-refractivity contribution in [1.29, 1.82) is 0 Å². The van der Waals surface area contributed by atoms with Crippen LogP contribution in [0.25, 0.3) is 0 Å². The summed E-state index contributed by atoms with van der Waals surface area (Å²) in [5.41, 5.74) is 1.85. The number of amides is 1. The molecule has 0 radical (unpaired) electrons. The minimum atomic E-state index is -0.0861. The fourth-order valence-corrected chi connectivity index (χ4v) is 2.35. The molecule has 1 aromatic heterocycles. The van der Waals surface area contributed by atoms with E-state index in [0.717, 1.165) is 11.1 Å². The number of nitrogens with one attached hydrogen (secondary N) is 2. The number of fused-ring (bicyclic) bond motifs is 1. The standard InChI is InChI=1S/C13H13N3O3/c1-19-11-4-7(2-3-10(11)17)8-5-12(18)15-13-9(8)6-14-16-13/h2-4,6,8,17H,5H2,1H3,(H2,14,15,16,18). The zero-order chi connectivity index (χ0) is 13.4. The second-order valence-corrected chi connectivity index (χ2v) is 4.44. The lowest BCUT2D eigenvalue weighted by atomic mass is 9.87. The lowest BCUT2D eigenvalue weighted by Gasteiger charge is -2.22. The van der Waals surface area contributed by atoms with Gasteiger partial charge in [0.05, 0.1) is 13.3 Å². The van der Waals surface area contributed by atoms with E-state index >= 15 is 0 Å². The van der Waals surface area contributed by atoms with E-state index in [-0.39, 0.29) is 17.6 Å². The molecule has 19 heavy (non-hydrogen) atoms. The van der Waals surface area contributed by atoms with Crippen molar-refractivity contribution in [3.8, 4) is 11.5 Å². The molecule has 98 valence electrons. The quantitative estimate of drug-likeness (QED) is 0.764. The number of benzene rings is 1. The Morgan fingerprint density at radius 1 is 1.47 bits per heavy atom. The van der Waals surface area contributed by atoms with Crippen molar-refractivity contribution in [2.45, 2.75) is 12.3 Å². The molecule has 2 aromatic rings. The number of phenols is 1. The van der Waals surface area contributed by atoms with Gasteiger partial charge in [-0.3, -0.25) is 9.89 Å². The van der Waals surface area contributed by atoms with Crippen molar-refractivity contribution >= 4 is 11.7 Å². The molecule has 0 spiro atoms. The van der Waals surface area contributed by atoms with Crippen LogP contribution in [0.1, 0.15) is 23.5 Å². The van der Waals surface area contributed by atoms with Crippen LogP contribution in [0.15, 0.2) is 24.4 Å². The van der Waals surface area contributed by atoms with Crippen molar-refractivity contribution in [2.24, 2.45) is 0 Å². The number of anilines is 1. The first-order valence-corrected chi connectivity index (χ1v) is 5.89. The largest absolute Gasteiger partial charge is 0.504 e. The number of phenolic OH excluding ortho intramolecular Hbond substituents is 1. The molecule has 0 fully saturated rings. The van der Waals surface area contributed by atoms with Gasteiger partial charge in [-0.25, -0.2) is 0 Å². The summed E-state index contributed by atoms with van der Waals surface area (Å²) in [5.74, 6) is 0.964. The summed E-state index contributed by atoms with van der Waals surface area (Å²) in [4.78, 5) is 11.7. The van der Waals surface area contributed by atoms with Crippen LogP contribution in [0.5, 0.6) is 11.5 Å². The van der Waals surface area contributed by atoms with E-state index in [1.807, 2.05) is 0 Å². The maximum absolute atomic E-state index is 11.7. The highest BCUT2D eigenvalue weighted by atomic mass is 16.5. The Morgan fingerprint density at radius 3 is 3.11 bits per heavy atom. The summed E-state index contributed by atoms with van der Waals surface area (Å²) in [7, 11) is 1.50. The second kappa shape index (κ2) is 4.31. The number of aromatic hydroxyl groups is 1. The Labute approximate surface area is 109 Å². The number of H-pyrrole nitrogens is 1. The smallest absolute Gasteiger partial charge is 0.226 e. The van der Waals surface area contributed by atoms with Crippen molar-refractivity contribution in [3.05, 3.63) is 35.5 Å².